The minimum atomic E-state index is 0.302. The third kappa shape index (κ3) is 3.78. The first-order valence-corrected chi connectivity index (χ1v) is 10.6. The van der Waals surface area contributed by atoms with E-state index in [0.29, 0.717) is 23.2 Å². The van der Waals surface area contributed by atoms with E-state index in [2.05, 4.69) is 42.0 Å². The normalized spacial score (nSPS) is 14.8. The van der Waals surface area contributed by atoms with Gasteiger partial charge in [-0.25, -0.2) is 15.0 Å². The molecule has 0 aliphatic carbocycles. The van der Waals surface area contributed by atoms with Crippen molar-refractivity contribution >= 4 is 11.6 Å². The molecule has 0 bridgehead atoms. The number of hydrogen-bond acceptors (Lipinski definition) is 8. The Morgan fingerprint density at radius 1 is 1.03 bits per heavy atom. The maximum Gasteiger partial charge on any atom is 0.265 e. The second-order valence-electron chi connectivity index (χ2n) is 7.68. The van der Waals surface area contributed by atoms with E-state index in [0.717, 1.165) is 55.4 Å². The van der Waals surface area contributed by atoms with Crippen LogP contribution in [0.15, 0.2) is 43.1 Å². The molecule has 1 fully saturated rings. The Morgan fingerprint density at radius 2 is 1.84 bits per heavy atom. The van der Waals surface area contributed by atoms with Gasteiger partial charge in [0.25, 0.3) is 5.88 Å². The van der Waals surface area contributed by atoms with Gasteiger partial charge in [-0.2, -0.15) is 0 Å². The van der Waals surface area contributed by atoms with Crippen LogP contribution < -0.4 is 9.64 Å². The smallest absolute Gasteiger partial charge is 0.265 e. The zero-order chi connectivity index (χ0) is 21.2. The Balaban J connectivity index is 1.34. The van der Waals surface area contributed by atoms with E-state index in [-0.39, 0.29) is 0 Å². The molecule has 0 radical (unpaired) electrons. The number of aromatic nitrogens is 7. The molecule has 1 saturated heterocycles. The standard InChI is InChI=1S/C22H24N8O/c1-3-16-13-25-22(26-14-16)29-10-6-17(7-11-29)19-27-28-20-21(24-9-12-30(19)20)31-18-5-4-8-23-15(18)2/h4-5,8-9,12-14,17H,3,6-7,10-11H2,1-2H3. The third-order valence-electron chi connectivity index (χ3n) is 5.73. The van der Waals surface area contributed by atoms with Crippen molar-refractivity contribution in [3.63, 3.8) is 0 Å². The van der Waals surface area contributed by atoms with Crippen molar-refractivity contribution in [3.8, 4) is 11.6 Å². The molecule has 1 aliphatic rings. The topological polar surface area (TPSA) is 94.2 Å². The summed E-state index contributed by atoms with van der Waals surface area (Å²) in [6, 6.07) is 3.71. The third-order valence-corrected chi connectivity index (χ3v) is 5.73. The summed E-state index contributed by atoms with van der Waals surface area (Å²) in [6.45, 7) is 5.78. The molecule has 0 N–H and O–H groups in total. The van der Waals surface area contributed by atoms with Crippen LogP contribution in [0.3, 0.4) is 0 Å². The van der Waals surface area contributed by atoms with Crippen molar-refractivity contribution in [2.24, 2.45) is 0 Å². The Labute approximate surface area is 180 Å². The molecule has 158 valence electrons. The molecule has 0 atom stereocenters. The van der Waals surface area contributed by atoms with Gasteiger partial charge in [-0.15, -0.1) is 10.2 Å². The van der Waals surface area contributed by atoms with Crippen molar-refractivity contribution < 1.29 is 4.74 Å². The maximum atomic E-state index is 6.00. The van der Waals surface area contributed by atoms with E-state index in [1.54, 1.807) is 12.4 Å². The summed E-state index contributed by atoms with van der Waals surface area (Å²) >= 11 is 0. The van der Waals surface area contributed by atoms with Gasteiger partial charge < -0.3 is 9.64 Å². The summed E-state index contributed by atoms with van der Waals surface area (Å²) in [5, 5.41) is 8.87. The number of piperidine rings is 1. The molecule has 9 nitrogen and oxygen atoms in total. The van der Waals surface area contributed by atoms with Gasteiger partial charge >= 0.3 is 0 Å². The first-order valence-electron chi connectivity index (χ1n) is 10.6. The molecule has 4 aromatic rings. The van der Waals surface area contributed by atoms with E-state index < -0.39 is 0 Å². The first kappa shape index (κ1) is 19.3. The molecular formula is C22H24N8O. The van der Waals surface area contributed by atoms with E-state index >= 15 is 0 Å². The molecule has 9 heteroatoms. The van der Waals surface area contributed by atoms with Crippen LogP contribution in [0.1, 0.15) is 42.8 Å². The van der Waals surface area contributed by atoms with Gasteiger partial charge in [-0.1, -0.05) is 6.92 Å². The van der Waals surface area contributed by atoms with Crippen molar-refractivity contribution in [3.05, 3.63) is 60.2 Å². The van der Waals surface area contributed by atoms with Gasteiger partial charge in [0, 0.05) is 50.0 Å². The van der Waals surface area contributed by atoms with Crippen LogP contribution in [-0.4, -0.2) is 47.6 Å². The number of anilines is 1. The minimum absolute atomic E-state index is 0.302. The second kappa shape index (κ2) is 8.25. The zero-order valence-corrected chi connectivity index (χ0v) is 17.6. The SMILES string of the molecule is CCc1cnc(N2CCC(c3nnc4c(Oc5cccnc5C)nccn34)CC2)nc1. The molecule has 0 unspecified atom stereocenters. The van der Waals surface area contributed by atoms with Crippen LogP contribution in [-0.2, 0) is 6.42 Å². The van der Waals surface area contributed by atoms with E-state index in [1.165, 1.54) is 0 Å². The van der Waals surface area contributed by atoms with Crippen molar-refractivity contribution in [2.75, 3.05) is 18.0 Å². The van der Waals surface area contributed by atoms with Crippen molar-refractivity contribution in [1.29, 1.82) is 0 Å². The Bertz CT molecular complexity index is 1180. The van der Waals surface area contributed by atoms with Gasteiger partial charge in [0.1, 0.15) is 5.82 Å². The van der Waals surface area contributed by atoms with Crippen LogP contribution in [0.2, 0.25) is 0 Å². The Kier molecular flexibility index (Phi) is 5.15. The highest BCUT2D eigenvalue weighted by molar-refractivity contribution is 5.51. The fourth-order valence-corrected chi connectivity index (χ4v) is 3.89. The number of pyridine rings is 1. The predicted octanol–water partition coefficient (Wildman–Crippen LogP) is 3.36. The fraction of sp³-hybridized carbons (Fsp3) is 0.364. The molecule has 31 heavy (non-hydrogen) atoms. The number of nitrogens with zero attached hydrogens (tertiary/aromatic N) is 8. The summed E-state index contributed by atoms with van der Waals surface area (Å²) in [7, 11) is 0. The van der Waals surface area contributed by atoms with Crippen molar-refractivity contribution in [1.82, 2.24) is 34.5 Å². The number of hydrogen-bond donors (Lipinski definition) is 0. The van der Waals surface area contributed by atoms with Crippen LogP contribution in [0, 0.1) is 6.92 Å². The molecule has 5 heterocycles. The number of aryl methyl sites for hydroxylation is 2. The monoisotopic (exact) mass is 416 g/mol. The number of rotatable bonds is 5. The minimum Gasteiger partial charge on any atom is -0.434 e. The van der Waals surface area contributed by atoms with Gasteiger partial charge in [-0.3, -0.25) is 9.38 Å². The summed E-state index contributed by atoms with van der Waals surface area (Å²) < 4.78 is 7.98. The average Bonchev–Trinajstić information content (AvgIpc) is 3.26. The quantitative estimate of drug-likeness (QED) is 0.489. The lowest BCUT2D eigenvalue weighted by molar-refractivity contribution is 0.456. The molecule has 0 amide bonds. The molecule has 0 saturated carbocycles. The first-order chi connectivity index (χ1) is 15.2. The molecular weight excluding hydrogens is 392 g/mol. The van der Waals surface area contributed by atoms with Crippen LogP contribution in [0.5, 0.6) is 11.6 Å². The summed E-state index contributed by atoms with van der Waals surface area (Å²) in [5.41, 5.74) is 2.57. The molecule has 5 rings (SSSR count). The van der Waals surface area contributed by atoms with Crippen molar-refractivity contribution in [2.45, 2.75) is 39.0 Å². The van der Waals surface area contributed by atoms with Gasteiger partial charge in [0.2, 0.25) is 11.6 Å². The van der Waals surface area contributed by atoms with Crippen LogP contribution in [0.25, 0.3) is 5.65 Å². The summed E-state index contributed by atoms with van der Waals surface area (Å²) in [5.74, 6) is 3.13. The summed E-state index contributed by atoms with van der Waals surface area (Å²) in [6.07, 6.45) is 12.0. The largest absolute Gasteiger partial charge is 0.434 e. The molecule has 0 aromatic carbocycles. The van der Waals surface area contributed by atoms with E-state index in [4.69, 9.17) is 4.74 Å². The summed E-state index contributed by atoms with van der Waals surface area (Å²) in [4.78, 5) is 19.9. The Hall–Kier alpha value is -3.62. The highest BCUT2D eigenvalue weighted by Crippen LogP contribution is 2.31. The lowest BCUT2D eigenvalue weighted by atomic mass is 9.96. The zero-order valence-electron chi connectivity index (χ0n) is 17.6. The van der Waals surface area contributed by atoms with Gasteiger partial charge in [-0.05, 0) is 43.9 Å². The number of fused-ring (bicyclic) bond motifs is 1. The van der Waals surface area contributed by atoms with E-state index in [9.17, 15) is 0 Å². The molecule has 0 spiro atoms. The highest BCUT2D eigenvalue weighted by Gasteiger charge is 2.26. The number of ether oxygens (including phenoxy) is 1. The van der Waals surface area contributed by atoms with Crippen LogP contribution in [0.4, 0.5) is 5.95 Å². The predicted molar refractivity (Wildman–Crippen MR) is 115 cm³/mol. The fourth-order valence-electron chi connectivity index (χ4n) is 3.89. The Morgan fingerprint density at radius 3 is 2.58 bits per heavy atom. The second-order valence-corrected chi connectivity index (χ2v) is 7.68. The van der Waals surface area contributed by atoms with Crippen LogP contribution >= 0.6 is 0 Å². The lowest BCUT2D eigenvalue weighted by Crippen LogP contribution is -2.34. The highest BCUT2D eigenvalue weighted by atomic mass is 16.5. The average molecular weight is 416 g/mol. The maximum absolute atomic E-state index is 6.00. The van der Waals surface area contributed by atoms with E-state index in [1.807, 2.05) is 42.0 Å². The lowest BCUT2D eigenvalue weighted by Gasteiger charge is -2.31. The molecule has 1 aliphatic heterocycles. The molecule has 4 aromatic heterocycles. The van der Waals surface area contributed by atoms with Gasteiger partial charge in [0.05, 0.1) is 5.69 Å². The van der Waals surface area contributed by atoms with Gasteiger partial charge in [0.15, 0.2) is 5.75 Å².